The third kappa shape index (κ3) is 4.02. The third-order valence-corrected chi connectivity index (χ3v) is 3.41. The number of amides is 1. The molecular formula is C18H19NO2. The van der Waals surface area contributed by atoms with Crippen molar-refractivity contribution >= 4 is 11.7 Å². The summed E-state index contributed by atoms with van der Waals surface area (Å²) in [5, 5.41) is 2.84. The van der Waals surface area contributed by atoms with Gasteiger partial charge in [0.15, 0.2) is 5.78 Å². The maximum absolute atomic E-state index is 12.4. The molecule has 1 N–H and O–H groups in total. The molecule has 0 saturated carbocycles. The molecule has 1 unspecified atom stereocenters. The van der Waals surface area contributed by atoms with Gasteiger partial charge < -0.3 is 5.32 Å². The lowest BCUT2D eigenvalue weighted by Gasteiger charge is -2.14. The van der Waals surface area contributed by atoms with Crippen molar-refractivity contribution in [3.05, 3.63) is 71.8 Å². The normalized spacial score (nSPS) is 11.7. The predicted octanol–water partition coefficient (Wildman–Crippen LogP) is 3.21. The molecule has 0 aliphatic rings. The Morgan fingerprint density at radius 2 is 1.52 bits per heavy atom. The second-order valence-corrected chi connectivity index (χ2v) is 4.89. The Kier molecular flexibility index (Phi) is 5.27. The van der Waals surface area contributed by atoms with Gasteiger partial charge in [-0.2, -0.15) is 0 Å². The molecule has 21 heavy (non-hydrogen) atoms. The Hall–Kier alpha value is -2.42. The fourth-order valence-corrected chi connectivity index (χ4v) is 2.20. The van der Waals surface area contributed by atoms with Crippen LogP contribution in [-0.2, 0) is 11.3 Å². The number of Topliss-reactive ketones (excluding diaryl/α,β-unsaturated/α-hetero) is 1. The monoisotopic (exact) mass is 281 g/mol. The summed E-state index contributed by atoms with van der Waals surface area (Å²) in [4.78, 5) is 24.6. The predicted molar refractivity (Wildman–Crippen MR) is 82.8 cm³/mol. The molecule has 1 amide bonds. The van der Waals surface area contributed by atoms with Crippen molar-refractivity contribution in [1.82, 2.24) is 5.32 Å². The summed E-state index contributed by atoms with van der Waals surface area (Å²) in [7, 11) is 0. The van der Waals surface area contributed by atoms with E-state index >= 15 is 0 Å². The van der Waals surface area contributed by atoms with E-state index in [4.69, 9.17) is 0 Å². The van der Waals surface area contributed by atoms with Crippen molar-refractivity contribution in [3.63, 3.8) is 0 Å². The minimum atomic E-state index is -0.629. The van der Waals surface area contributed by atoms with Gasteiger partial charge in [0.2, 0.25) is 5.91 Å². The Morgan fingerprint density at radius 3 is 2.10 bits per heavy atom. The Bertz CT molecular complexity index is 593. The summed E-state index contributed by atoms with van der Waals surface area (Å²) in [6, 6.07) is 18.6. The Morgan fingerprint density at radius 1 is 0.952 bits per heavy atom. The molecule has 108 valence electrons. The van der Waals surface area contributed by atoms with Crippen LogP contribution in [0, 0.1) is 5.92 Å². The Labute approximate surface area is 125 Å². The van der Waals surface area contributed by atoms with Gasteiger partial charge in [0.1, 0.15) is 5.92 Å². The van der Waals surface area contributed by atoms with E-state index in [1.165, 1.54) is 0 Å². The number of benzene rings is 2. The van der Waals surface area contributed by atoms with Crippen LogP contribution in [0.1, 0.15) is 29.3 Å². The van der Waals surface area contributed by atoms with Crippen LogP contribution in [0.2, 0.25) is 0 Å². The molecule has 0 radical (unpaired) electrons. The van der Waals surface area contributed by atoms with Crippen molar-refractivity contribution in [3.8, 4) is 0 Å². The van der Waals surface area contributed by atoms with E-state index in [0.29, 0.717) is 18.5 Å². The zero-order chi connectivity index (χ0) is 15.1. The number of carbonyl (C=O) groups is 2. The lowest BCUT2D eigenvalue weighted by atomic mass is 9.94. The zero-order valence-electron chi connectivity index (χ0n) is 12.1. The fraction of sp³-hybridized carbons (Fsp3) is 0.222. The summed E-state index contributed by atoms with van der Waals surface area (Å²) in [5.74, 6) is -0.963. The number of ketones is 1. The molecule has 0 aliphatic carbocycles. The van der Waals surface area contributed by atoms with Gasteiger partial charge in [-0.05, 0) is 12.0 Å². The molecular weight excluding hydrogens is 262 g/mol. The largest absolute Gasteiger partial charge is 0.351 e. The summed E-state index contributed by atoms with van der Waals surface area (Å²) in [6.07, 6.45) is 0.494. The molecule has 0 saturated heterocycles. The molecule has 1 atom stereocenters. The van der Waals surface area contributed by atoms with E-state index in [0.717, 1.165) is 5.56 Å². The topological polar surface area (TPSA) is 46.2 Å². The molecule has 0 aromatic heterocycles. The first-order valence-electron chi connectivity index (χ1n) is 7.13. The lowest BCUT2D eigenvalue weighted by molar-refractivity contribution is -0.123. The molecule has 2 aromatic carbocycles. The highest BCUT2D eigenvalue weighted by Gasteiger charge is 2.25. The number of carbonyl (C=O) groups excluding carboxylic acids is 2. The summed E-state index contributed by atoms with van der Waals surface area (Å²) >= 11 is 0. The second-order valence-electron chi connectivity index (χ2n) is 4.89. The average molecular weight is 281 g/mol. The summed E-state index contributed by atoms with van der Waals surface area (Å²) in [6.45, 7) is 2.30. The van der Waals surface area contributed by atoms with Gasteiger partial charge in [0, 0.05) is 12.1 Å². The van der Waals surface area contributed by atoms with Crippen LogP contribution in [0.25, 0.3) is 0 Å². The molecule has 2 rings (SSSR count). The molecule has 3 nitrogen and oxygen atoms in total. The number of rotatable bonds is 6. The molecule has 2 aromatic rings. The minimum Gasteiger partial charge on any atom is -0.351 e. The fourth-order valence-electron chi connectivity index (χ4n) is 2.20. The van der Waals surface area contributed by atoms with Gasteiger partial charge in [-0.1, -0.05) is 67.6 Å². The van der Waals surface area contributed by atoms with Gasteiger partial charge >= 0.3 is 0 Å². The smallest absolute Gasteiger partial charge is 0.231 e. The van der Waals surface area contributed by atoms with Crippen LogP contribution < -0.4 is 5.32 Å². The van der Waals surface area contributed by atoms with E-state index in [1.807, 2.05) is 55.5 Å². The molecule has 0 spiro atoms. The Balaban J connectivity index is 2.00. The van der Waals surface area contributed by atoms with Crippen LogP contribution in [0.15, 0.2) is 60.7 Å². The first kappa shape index (κ1) is 15.0. The van der Waals surface area contributed by atoms with E-state index in [1.54, 1.807) is 12.1 Å². The van der Waals surface area contributed by atoms with E-state index in [2.05, 4.69) is 5.32 Å². The quantitative estimate of drug-likeness (QED) is 0.653. The highest BCUT2D eigenvalue weighted by molar-refractivity contribution is 6.09. The van der Waals surface area contributed by atoms with Crippen LogP contribution >= 0.6 is 0 Å². The van der Waals surface area contributed by atoms with Crippen LogP contribution in [-0.4, -0.2) is 11.7 Å². The SMILES string of the molecule is CCC(C(=O)NCc1ccccc1)C(=O)c1ccccc1. The van der Waals surface area contributed by atoms with Crippen molar-refractivity contribution in [2.45, 2.75) is 19.9 Å². The number of hydrogen-bond donors (Lipinski definition) is 1. The van der Waals surface area contributed by atoms with Crippen molar-refractivity contribution in [2.24, 2.45) is 5.92 Å². The zero-order valence-corrected chi connectivity index (χ0v) is 12.1. The minimum absolute atomic E-state index is 0.122. The molecule has 0 fully saturated rings. The average Bonchev–Trinajstić information content (AvgIpc) is 2.55. The molecule has 0 aliphatic heterocycles. The van der Waals surface area contributed by atoms with Gasteiger partial charge in [-0.25, -0.2) is 0 Å². The third-order valence-electron chi connectivity index (χ3n) is 3.41. The standard InChI is InChI=1S/C18H19NO2/c1-2-16(17(20)15-11-7-4-8-12-15)18(21)19-13-14-9-5-3-6-10-14/h3-12,16H,2,13H2,1H3,(H,19,21). The van der Waals surface area contributed by atoms with Crippen LogP contribution in [0.3, 0.4) is 0 Å². The van der Waals surface area contributed by atoms with Gasteiger partial charge in [-0.15, -0.1) is 0 Å². The molecule has 0 heterocycles. The van der Waals surface area contributed by atoms with Gasteiger partial charge in [0.25, 0.3) is 0 Å². The van der Waals surface area contributed by atoms with Gasteiger partial charge in [-0.3, -0.25) is 9.59 Å². The summed E-state index contributed by atoms with van der Waals surface area (Å²) in [5.41, 5.74) is 1.60. The van der Waals surface area contributed by atoms with Crippen molar-refractivity contribution < 1.29 is 9.59 Å². The number of hydrogen-bond acceptors (Lipinski definition) is 2. The van der Waals surface area contributed by atoms with E-state index in [9.17, 15) is 9.59 Å². The highest BCUT2D eigenvalue weighted by Crippen LogP contribution is 2.13. The highest BCUT2D eigenvalue weighted by atomic mass is 16.2. The van der Waals surface area contributed by atoms with Crippen molar-refractivity contribution in [2.75, 3.05) is 0 Å². The lowest BCUT2D eigenvalue weighted by Crippen LogP contribution is -2.34. The second kappa shape index (κ2) is 7.39. The maximum atomic E-state index is 12.4. The molecule has 0 bridgehead atoms. The van der Waals surface area contributed by atoms with E-state index < -0.39 is 5.92 Å². The first-order chi connectivity index (χ1) is 10.2. The van der Waals surface area contributed by atoms with Gasteiger partial charge in [0.05, 0.1) is 0 Å². The van der Waals surface area contributed by atoms with Crippen LogP contribution in [0.4, 0.5) is 0 Å². The first-order valence-corrected chi connectivity index (χ1v) is 7.13. The van der Waals surface area contributed by atoms with E-state index in [-0.39, 0.29) is 11.7 Å². The number of nitrogens with one attached hydrogen (secondary N) is 1. The van der Waals surface area contributed by atoms with Crippen molar-refractivity contribution in [1.29, 1.82) is 0 Å². The maximum Gasteiger partial charge on any atom is 0.231 e. The van der Waals surface area contributed by atoms with Crippen LogP contribution in [0.5, 0.6) is 0 Å². The molecule has 3 heteroatoms. The summed E-state index contributed by atoms with van der Waals surface area (Å²) < 4.78 is 0.